The molecule has 0 unspecified atom stereocenters. The van der Waals surface area contributed by atoms with Crippen molar-refractivity contribution in [2.45, 2.75) is 25.8 Å². The van der Waals surface area contributed by atoms with Gasteiger partial charge in [-0.15, -0.1) is 0 Å². The van der Waals surface area contributed by atoms with E-state index in [2.05, 4.69) is 33.7 Å². The van der Waals surface area contributed by atoms with Crippen LogP contribution in [-0.4, -0.2) is 29.1 Å². The van der Waals surface area contributed by atoms with Crippen LogP contribution in [0, 0.1) is 0 Å². The van der Waals surface area contributed by atoms with Gasteiger partial charge in [-0.05, 0) is 55.6 Å². The van der Waals surface area contributed by atoms with Crippen LogP contribution in [0.2, 0.25) is 0 Å². The van der Waals surface area contributed by atoms with Crippen molar-refractivity contribution in [3.63, 3.8) is 0 Å². The molecule has 2 heterocycles. The minimum Gasteiger partial charge on any atom is -0.339 e. The molecule has 118 valence electrons. The van der Waals surface area contributed by atoms with Crippen molar-refractivity contribution in [3.8, 4) is 11.3 Å². The van der Waals surface area contributed by atoms with Gasteiger partial charge in [-0.2, -0.15) is 0 Å². The molecule has 0 amide bonds. The van der Waals surface area contributed by atoms with Crippen LogP contribution in [0.3, 0.4) is 0 Å². The summed E-state index contributed by atoms with van der Waals surface area (Å²) in [6.07, 6.45) is 3.98. The van der Waals surface area contributed by atoms with E-state index in [0.29, 0.717) is 0 Å². The zero-order chi connectivity index (χ0) is 15.6. The Kier molecular flexibility index (Phi) is 3.88. The van der Waals surface area contributed by atoms with E-state index >= 15 is 0 Å². The molecule has 0 N–H and O–H groups in total. The lowest BCUT2D eigenvalue weighted by atomic mass is 10.0. The summed E-state index contributed by atoms with van der Waals surface area (Å²) in [7, 11) is 0. The lowest BCUT2D eigenvalue weighted by Gasteiger charge is -2.28. The Bertz CT molecular complexity index is 846. The number of nitrogens with zero attached hydrogens (tertiary/aromatic N) is 2. The summed E-state index contributed by atoms with van der Waals surface area (Å²) in [5, 5.41) is 1.14. The van der Waals surface area contributed by atoms with Crippen molar-refractivity contribution >= 4 is 10.9 Å². The molecular weight excluding hydrogens is 284 g/mol. The Morgan fingerprint density at radius 2 is 1.70 bits per heavy atom. The van der Waals surface area contributed by atoms with E-state index in [-0.39, 0.29) is 5.43 Å². The third-order valence-corrected chi connectivity index (χ3v) is 4.95. The van der Waals surface area contributed by atoms with E-state index in [4.69, 9.17) is 0 Å². The summed E-state index contributed by atoms with van der Waals surface area (Å²) < 4.78 is 2.32. The molecule has 1 saturated heterocycles. The number of likely N-dealkylation sites (tertiary alicyclic amines) is 1. The summed E-state index contributed by atoms with van der Waals surface area (Å²) in [5.74, 6) is 0. The number of aromatic nitrogens is 1. The predicted octanol–water partition coefficient (Wildman–Crippen LogP) is 3.59. The molecule has 2 aliphatic heterocycles. The van der Waals surface area contributed by atoms with Crippen molar-refractivity contribution in [2.75, 3.05) is 19.6 Å². The molecule has 0 bridgehead atoms. The second-order valence-electron chi connectivity index (χ2n) is 6.45. The minimum absolute atomic E-state index is 0.111. The average Bonchev–Trinajstić information content (AvgIpc) is 2.60. The fourth-order valence-corrected chi connectivity index (χ4v) is 3.72. The second kappa shape index (κ2) is 6.17. The highest BCUT2D eigenvalue weighted by Gasteiger charge is 2.15. The molecular formula is C20H22N2O. The van der Waals surface area contributed by atoms with Gasteiger partial charge in [0.05, 0.1) is 5.69 Å². The first-order valence-electron chi connectivity index (χ1n) is 8.56. The number of hydrogen-bond acceptors (Lipinski definition) is 2. The topological polar surface area (TPSA) is 25.2 Å². The maximum Gasteiger partial charge on any atom is 0.187 e. The first-order valence-corrected chi connectivity index (χ1v) is 8.56. The summed E-state index contributed by atoms with van der Waals surface area (Å²) in [4.78, 5) is 14.8. The molecule has 3 heteroatoms. The fourth-order valence-electron chi connectivity index (χ4n) is 3.72. The maximum absolute atomic E-state index is 12.3. The molecule has 0 radical (unpaired) electrons. The Morgan fingerprint density at radius 1 is 0.870 bits per heavy atom. The average molecular weight is 306 g/mol. The lowest BCUT2D eigenvalue weighted by Crippen LogP contribution is -2.33. The monoisotopic (exact) mass is 306 g/mol. The van der Waals surface area contributed by atoms with Crippen LogP contribution in [0.25, 0.3) is 22.2 Å². The Labute approximate surface area is 136 Å². The van der Waals surface area contributed by atoms with E-state index in [1.807, 2.05) is 18.2 Å². The molecule has 3 aliphatic rings. The molecule has 23 heavy (non-hydrogen) atoms. The van der Waals surface area contributed by atoms with Gasteiger partial charge in [-0.1, -0.05) is 30.7 Å². The highest BCUT2D eigenvalue weighted by molar-refractivity contribution is 5.86. The zero-order valence-corrected chi connectivity index (χ0v) is 13.4. The van der Waals surface area contributed by atoms with E-state index < -0.39 is 0 Å². The standard InChI is InChI=1S/C20H22N2O/c23-20-10-6-9-19-17(20)15-16-7-2-3-8-18(16)22(19)14-13-21-11-4-1-5-12-21/h2-3,6-10,15H,1,4-5,11-14H2. The van der Waals surface area contributed by atoms with Crippen molar-refractivity contribution in [1.29, 1.82) is 0 Å². The number of piperidine rings is 1. The Morgan fingerprint density at radius 3 is 2.57 bits per heavy atom. The zero-order valence-electron chi connectivity index (χ0n) is 13.4. The first kappa shape index (κ1) is 14.5. The van der Waals surface area contributed by atoms with Crippen molar-refractivity contribution in [3.05, 3.63) is 58.8 Å². The van der Waals surface area contributed by atoms with Gasteiger partial charge in [0.2, 0.25) is 0 Å². The molecule has 3 nitrogen and oxygen atoms in total. The molecule has 0 spiro atoms. The summed E-state index contributed by atoms with van der Waals surface area (Å²) in [5.41, 5.74) is 3.20. The smallest absolute Gasteiger partial charge is 0.187 e. The largest absolute Gasteiger partial charge is 0.339 e. The van der Waals surface area contributed by atoms with Gasteiger partial charge < -0.3 is 9.47 Å². The lowest BCUT2D eigenvalue weighted by molar-refractivity contribution is 0.222. The van der Waals surface area contributed by atoms with E-state index in [9.17, 15) is 4.79 Å². The molecule has 4 rings (SSSR count). The summed E-state index contributed by atoms with van der Waals surface area (Å²) in [6.45, 7) is 4.39. The third-order valence-electron chi connectivity index (χ3n) is 4.95. The predicted molar refractivity (Wildman–Crippen MR) is 95.1 cm³/mol. The van der Waals surface area contributed by atoms with E-state index in [0.717, 1.165) is 29.7 Å². The molecule has 0 atom stereocenters. The number of rotatable bonds is 3. The number of fused-ring (bicyclic) bond motifs is 2. The van der Waals surface area contributed by atoms with Gasteiger partial charge in [0.15, 0.2) is 5.43 Å². The third kappa shape index (κ3) is 2.77. The Balaban J connectivity index is 1.78. The fraction of sp³-hybridized carbons (Fsp3) is 0.350. The van der Waals surface area contributed by atoms with Gasteiger partial charge in [-0.25, -0.2) is 0 Å². The van der Waals surface area contributed by atoms with Gasteiger partial charge in [-0.3, -0.25) is 4.79 Å². The molecule has 0 aromatic heterocycles. The highest BCUT2D eigenvalue weighted by atomic mass is 16.1. The second-order valence-corrected chi connectivity index (χ2v) is 6.45. The van der Waals surface area contributed by atoms with Crippen LogP contribution in [0.15, 0.2) is 53.3 Å². The van der Waals surface area contributed by atoms with E-state index in [1.54, 1.807) is 6.07 Å². The number of hydrogen-bond donors (Lipinski definition) is 0. The quantitative estimate of drug-likeness (QED) is 0.691. The summed E-state index contributed by atoms with van der Waals surface area (Å²) in [6, 6.07) is 16.0. The highest BCUT2D eigenvalue weighted by Crippen LogP contribution is 2.26. The van der Waals surface area contributed by atoms with Gasteiger partial charge in [0.1, 0.15) is 0 Å². The van der Waals surface area contributed by atoms with Crippen molar-refractivity contribution < 1.29 is 0 Å². The van der Waals surface area contributed by atoms with E-state index in [1.165, 1.54) is 37.9 Å². The van der Waals surface area contributed by atoms with Crippen LogP contribution >= 0.6 is 0 Å². The minimum atomic E-state index is 0.111. The molecule has 1 aliphatic carbocycles. The van der Waals surface area contributed by atoms with Crippen LogP contribution in [0.4, 0.5) is 0 Å². The van der Waals surface area contributed by atoms with Crippen LogP contribution < -0.4 is 5.43 Å². The molecule has 1 aromatic rings. The normalized spacial score (nSPS) is 16.2. The number of para-hydroxylation sites is 1. The van der Waals surface area contributed by atoms with Gasteiger partial charge in [0.25, 0.3) is 0 Å². The van der Waals surface area contributed by atoms with Crippen LogP contribution in [0.1, 0.15) is 19.3 Å². The molecule has 1 fully saturated rings. The molecule has 1 aromatic carbocycles. The first-order chi connectivity index (χ1) is 11.3. The van der Waals surface area contributed by atoms with Crippen molar-refractivity contribution in [2.24, 2.45) is 0 Å². The van der Waals surface area contributed by atoms with Crippen LogP contribution in [-0.2, 0) is 6.54 Å². The maximum atomic E-state index is 12.3. The van der Waals surface area contributed by atoms with Crippen molar-refractivity contribution in [1.82, 2.24) is 9.47 Å². The summed E-state index contributed by atoms with van der Waals surface area (Å²) >= 11 is 0. The van der Waals surface area contributed by atoms with Crippen LogP contribution in [0.5, 0.6) is 0 Å². The SMILES string of the molecule is O=c1cccc2n(CCN3CCCCC3)c3ccccc3cc1-2. The molecule has 0 saturated carbocycles. The number of benzene rings is 2. The Hall–Kier alpha value is -2.13. The number of pyridine rings is 1. The van der Waals surface area contributed by atoms with Gasteiger partial charge >= 0.3 is 0 Å². The van der Waals surface area contributed by atoms with Gasteiger partial charge in [0, 0.05) is 24.2 Å².